The van der Waals surface area contributed by atoms with Crippen LogP contribution in [0.3, 0.4) is 0 Å². The first-order chi connectivity index (χ1) is 6.74. The Bertz CT molecular complexity index is 405. The molecule has 1 amide bonds. The second kappa shape index (κ2) is 3.51. The minimum absolute atomic E-state index is 0.322. The van der Waals surface area contributed by atoms with E-state index in [0.717, 1.165) is 5.56 Å². The first kappa shape index (κ1) is 9.36. The van der Waals surface area contributed by atoms with Crippen molar-refractivity contribution in [3.8, 4) is 0 Å². The molecule has 0 spiro atoms. The first-order valence-corrected chi connectivity index (χ1v) is 5.25. The van der Waals surface area contributed by atoms with Crippen molar-refractivity contribution in [3.05, 3.63) is 29.8 Å². The van der Waals surface area contributed by atoms with Crippen molar-refractivity contribution < 1.29 is 14.1 Å². The van der Waals surface area contributed by atoms with Crippen molar-refractivity contribution in [1.82, 2.24) is 4.31 Å². The van der Waals surface area contributed by atoms with E-state index in [9.17, 15) is 9.00 Å². The predicted molar refractivity (Wildman–Crippen MR) is 50.5 cm³/mol. The Labute approximate surface area is 83.7 Å². The van der Waals surface area contributed by atoms with Crippen LogP contribution in [0, 0.1) is 0 Å². The molecule has 0 bridgehead atoms. The molecule has 1 aliphatic rings. The summed E-state index contributed by atoms with van der Waals surface area (Å²) in [5.74, 6) is -0.500. The van der Waals surface area contributed by atoms with Crippen LogP contribution < -0.4 is 0 Å². The smallest absolute Gasteiger partial charge is 0.260 e. The van der Waals surface area contributed by atoms with Crippen LogP contribution >= 0.6 is 0 Å². The summed E-state index contributed by atoms with van der Waals surface area (Å²) in [4.78, 5) is 11.8. The van der Waals surface area contributed by atoms with E-state index in [1.54, 1.807) is 12.1 Å². The highest BCUT2D eigenvalue weighted by Crippen LogP contribution is 2.26. The Morgan fingerprint density at radius 3 is 2.86 bits per heavy atom. The number of rotatable bonds is 1. The number of benzene rings is 1. The van der Waals surface area contributed by atoms with Gasteiger partial charge in [-0.15, -0.1) is 0 Å². The number of aliphatic hydroxyl groups excluding tert-OH is 1. The van der Waals surface area contributed by atoms with Gasteiger partial charge in [0.1, 0.15) is 6.61 Å². The highest BCUT2D eigenvalue weighted by Gasteiger charge is 2.29. The summed E-state index contributed by atoms with van der Waals surface area (Å²) in [5.41, 5.74) is 0.882. The molecular formula is C9H9NO3S. The lowest BCUT2D eigenvalue weighted by Gasteiger charge is -2.11. The lowest BCUT2D eigenvalue weighted by Crippen LogP contribution is -2.29. The largest absolute Gasteiger partial charge is 0.386 e. The van der Waals surface area contributed by atoms with Gasteiger partial charge >= 0.3 is 0 Å². The van der Waals surface area contributed by atoms with Crippen molar-refractivity contribution in [2.75, 3.05) is 6.61 Å². The maximum Gasteiger partial charge on any atom is 0.260 e. The number of fused-ring (bicyclic) bond motifs is 1. The zero-order chi connectivity index (χ0) is 10.1. The van der Waals surface area contributed by atoms with Crippen LogP contribution in [0.4, 0.5) is 0 Å². The van der Waals surface area contributed by atoms with E-state index in [1.807, 2.05) is 12.1 Å². The summed E-state index contributed by atoms with van der Waals surface area (Å²) in [6.07, 6.45) is 0. The summed E-state index contributed by atoms with van der Waals surface area (Å²) < 4.78 is 12.9. The third kappa shape index (κ3) is 1.34. The summed E-state index contributed by atoms with van der Waals surface area (Å²) in [6.45, 7) is -0.276. The Morgan fingerprint density at radius 2 is 2.21 bits per heavy atom. The number of hydrogen-bond donors (Lipinski definition) is 1. The molecule has 1 aromatic rings. The molecule has 1 aliphatic heterocycles. The van der Waals surface area contributed by atoms with Gasteiger partial charge in [0, 0.05) is 0 Å². The van der Waals surface area contributed by atoms with E-state index in [0.29, 0.717) is 11.4 Å². The fourth-order valence-corrected chi connectivity index (χ4v) is 2.68. The van der Waals surface area contributed by atoms with E-state index in [4.69, 9.17) is 5.11 Å². The fourth-order valence-electron chi connectivity index (χ4n) is 1.40. The molecular weight excluding hydrogens is 202 g/mol. The highest BCUT2D eigenvalue weighted by molar-refractivity contribution is 7.83. The first-order valence-electron chi connectivity index (χ1n) is 4.15. The van der Waals surface area contributed by atoms with Crippen LogP contribution in [0.1, 0.15) is 5.56 Å². The van der Waals surface area contributed by atoms with Gasteiger partial charge in [-0.1, -0.05) is 18.2 Å². The number of amides is 1. The number of nitrogens with zero attached hydrogens (tertiary/aromatic N) is 1. The van der Waals surface area contributed by atoms with Gasteiger partial charge in [0.05, 0.1) is 11.4 Å². The molecule has 5 heteroatoms. The SMILES string of the molecule is O=C(CO)N1Cc2ccccc2S1=O. The Hall–Kier alpha value is -1.20. The normalized spacial score (nSPS) is 19.5. The number of carbonyl (C=O) groups excluding carboxylic acids is 1. The molecule has 0 fully saturated rings. The minimum Gasteiger partial charge on any atom is -0.386 e. The monoisotopic (exact) mass is 211 g/mol. The topological polar surface area (TPSA) is 57.6 Å². The minimum atomic E-state index is -1.44. The summed E-state index contributed by atoms with van der Waals surface area (Å²) in [5, 5.41) is 8.67. The molecule has 1 unspecified atom stereocenters. The standard InChI is InChI=1S/C9H9NO3S/c11-6-9(12)10-5-7-3-1-2-4-8(7)14(10)13/h1-4,11H,5-6H2. The maximum absolute atomic E-state index is 11.7. The van der Waals surface area contributed by atoms with Gasteiger partial charge in [0.2, 0.25) is 0 Å². The third-order valence-corrected chi connectivity index (χ3v) is 3.60. The third-order valence-electron chi connectivity index (χ3n) is 2.09. The zero-order valence-corrected chi connectivity index (χ0v) is 8.16. The van der Waals surface area contributed by atoms with Crippen LogP contribution in [-0.4, -0.2) is 26.1 Å². The summed E-state index contributed by atoms with van der Waals surface area (Å²) in [7, 11) is -1.44. The second-order valence-electron chi connectivity index (χ2n) is 2.95. The van der Waals surface area contributed by atoms with Gasteiger partial charge in [-0.2, -0.15) is 0 Å². The van der Waals surface area contributed by atoms with Crippen LogP contribution in [-0.2, 0) is 22.3 Å². The van der Waals surface area contributed by atoms with E-state index in [2.05, 4.69) is 0 Å². The Morgan fingerprint density at radius 1 is 1.50 bits per heavy atom. The average molecular weight is 211 g/mol. The summed E-state index contributed by atoms with van der Waals surface area (Å²) in [6, 6.07) is 7.18. The quantitative estimate of drug-likeness (QED) is 0.713. The van der Waals surface area contributed by atoms with Gasteiger partial charge in [-0.05, 0) is 11.6 Å². The molecule has 0 saturated heterocycles. The van der Waals surface area contributed by atoms with Gasteiger partial charge in [-0.3, -0.25) is 9.10 Å². The van der Waals surface area contributed by atoms with Crippen LogP contribution in [0.15, 0.2) is 29.2 Å². The number of hydrogen-bond acceptors (Lipinski definition) is 3. The summed E-state index contributed by atoms with van der Waals surface area (Å²) >= 11 is 0. The lowest BCUT2D eigenvalue weighted by atomic mass is 10.2. The van der Waals surface area contributed by atoms with Crippen molar-refractivity contribution in [3.63, 3.8) is 0 Å². The fraction of sp³-hybridized carbons (Fsp3) is 0.222. The van der Waals surface area contributed by atoms with E-state index in [1.165, 1.54) is 4.31 Å². The van der Waals surface area contributed by atoms with Crippen LogP contribution in [0.5, 0.6) is 0 Å². The van der Waals surface area contributed by atoms with Crippen LogP contribution in [0.2, 0.25) is 0 Å². The van der Waals surface area contributed by atoms with Gasteiger partial charge in [0.15, 0.2) is 11.0 Å². The molecule has 4 nitrogen and oxygen atoms in total. The van der Waals surface area contributed by atoms with Gasteiger partial charge in [0.25, 0.3) is 5.91 Å². The van der Waals surface area contributed by atoms with E-state index in [-0.39, 0.29) is 0 Å². The molecule has 1 aromatic carbocycles. The maximum atomic E-state index is 11.7. The van der Waals surface area contributed by atoms with E-state index < -0.39 is 23.5 Å². The lowest BCUT2D eigenvalue weighted by molar-refractivity contribution is -0.129. The molecule has 1 N–H and O–H groups in total. The van der Waals surface area contributed by atoms with Crippen LogP contribution in [0.25, 0.3) is 0 Å². The van der Waals surface area contributed by atoms with Crippen molar-refractivity contribution in [2.24, 2.45) is 0 Å². The molecule has 0 radical (unpaired) electrons. The van der Waals surface area contributed by atoms with Crippen molar-refractivity contribution >= 4 is 16.9 Å². The molecule has 0 aliphatic carbocycles. The molecule has 74 valence electrons. The average Bonchev–Trinajstić information content (AvgIpc) is 2.56. The zero-order valence-electron chi connectivity index (χ0n) is 7.34. The molecule has 1 atom stereocenters. The van der Waals surface area contributed by atoms with E-state index >= 15 is 0 Å². The second-order valence-corrected chi connectivity index (χ2v) is 4.32. The molecule has 0 saturated carbocycles. The highest BCUT2D eigenvalue weighted by atomic mass is 32.2. The van der Waals surface area contributed by atoms with Gasteiger partial charge in [-0.25, -0.2) is 4.21 Å². The molecule has 1 heterocycles. The van der Waals surface area contributed by atoms with Crippen molar-refractivity contribution in [2.45, 2.75) is 11.4 Å². The molecule has 2 rings (SSSR count). The predicted octanol–water partition coefficient (Wildman–Crippen LogP) is 0.0437. The Kier molecular flexibility index (Phi) is 2.35. The number of carbonyl (C=O) groups is 1. The molecule has 0 aromatic heterocycles. The Balaban J connectivity index is 2.35. The molecule has 14 heavy (non-hydrogen) atoms. The van der Waals surface area contributed by atoms with Crippen molar-refractivity contribution in [1.29, 1.82) is 0 Å². The number of aliphatic hydroxyl groups is 1. The van der Waals surface area contributed by atoms with Gasteiger partial charge < -0.3 is 5.11 Å².